The van der Waals surface area contributed by atoms with Gasteiger partial charge in [0, 0.05) is 29.8 Å². The number of hydrogen-bond donors (Lipinski definition) is 1. The van der Waals surface area contributed by atoms with Crippen LogP contribution in [0.2, 0.25) is 0 Å². The Bertz CT molecular complexity index is 1030. The third-order valence-electron chi connectivity index (χ3n) is 5.04. The van der Waals surface area contributed by atoms with Crippen molar-refractivity contribution in [3.8, 4) is 0 Å². The summed E-state index contributed by atoms with van der Waals surface area (Å²) in [6, 6.07) is 13.7. The lowest BCUT2D eigenvalue weighted by atomic mass is 9.93. The molecule has 27 heavy (non-hydrogen) atoms. The van der Waals surface area contributed by atoms with E-state index in [2.05, 4.69) is 17.4 Å². The van der Waals surface area contributed by atoms with Gasteiger partial charge in [0.15, 0.2) is 0 Å². The normalized spacial score (nSPS) is 17.2. The molecule has 6 heteroatoms. The summed E-state index contributed by atoms with van der Waals surface area (Å²) in [6.07, 6.45) is -2.15. The lowest BCUT2D eigenvalue weighted by Crippen LogP contribution is -2.15. The summed E-state index contributed by atoms with van der Waals surface area (Å²) in [6.45, 7) is 0.719. The monoisotopic (exact) mass is 373 g/mol. The fourth-order valence-corrected chi connectivity index (χ4v) is 3.70. The molecule has 0 bridgehead atoms. The fraction of sp³-hybridized carbons (Fsp3) is 0.286. The number of rotatable bonds is 2. The van der Waals surface area contributed by atoms with E-state index in [-0.39, 0.29) is 11.0 Å². The van der Waals surface area contributed by atoms with Crippen LogP contribution in [0.3, 0.4) is 0 Å². The second-order valence-electron chi connectivity index (χ2n) is 6.96. The molecule has 0 aliphatic carbocycles. The summed E-state index contributed by atoms with van der Waals surface area (Å²) in [5.74, 6) is 0.372. The van der Waals surface area contributed by atoms with Crippen molar-refractivity contribution in [2.75, 3.05) is 11.9 Å². The van der Waals surface area contributed by atoms with Crippen LogP contribution in [-0.2, 0) is 19.0 Å². The largest absolute Gasteiger partial charge is 0.423 e. The van der Waals surface area contributed by atoms with Crippen LogP contribution in [0.5, 0.6) is 0 Å². The summed E-state index contributed by atoms with van der Waals surface area (Å²) >= 11 is 0. The summed E-state index contributed by atoms with van der Waals surface area (Å²) in [7, 11) is 0. The number of hydrogen-bond acceptors (Lipinski definition) is 3. The Morgan fingerprint density at radius 2 is 1.89 bits per heavy atom. The van der Waals surface area contributed by atoms with Gasteiger partial charge in [-0.15, -0.1) is 0 Å². The van der Waals surface area contributed by atoms with Gasteiger partial charge in [-0.1, -0.05) is 30.3 Å². The Morgan fingerprint density at radius 1 is 1.11 bits per heavy atom. The number of benzene rings is 2. The van der Waals surface area contributed by atoms with Crippen molar-refractivity contribution in [2.45, 2.75) is 25.4 Å². The highest BCUT2D eigenvalue weighted by atomic mass is 19.4. The zero-order valence-corrected chi connectivity index (χ0v) is 14.5. The van der Waals surface area contributed by atoms with Gasteiger partial charge in [-0.05, 0) is 42.4 Å². The van der Waals surface area contributed by atoms with Crippen LogP contribution in [0.25, 0.3) is 11.0 Å². The van der Waals surface area contributed by atoms with Crippen LogP contribution in [0.1, 0.15) is 23.1 Å². The van der Waals surface area contributed by atoms with Crippen LogP contribution >= 0.6 is 0 Å². The minimum absolute atomic E-state index is 0.0393. The minimum Gasteiger partial charge on any atom is -0.423 e. The Hall–Kier alpha value is -2.76. The number of anilines is 1. The van der Waals surface area contributed by atoms with E-state index in [4.69, 9.17) is 4.42 Å². The molecular weight excluding hydrogens is 355 g/mol. The van der Waals surface area contributed by atoms with Gasteiger partial charge in [-0.2, -0.15) is 13.2 Å². The molecular formula is C21H18F3NO2. The smallest absolute Gasteiger partial charge is 0.417 e. The average molecular weight is 373 g/mol. The molecule has 0 saturated carbocycles. The molecule has 0 saturated heterocycles. The maximum absolute atomic E-state index is 13.3. The Morgan fingerprint density at radius 3 is 2.63 bits per heavy atom. The lowest BCUT2D eigenvalue weighted by molar-refractivity contribution is -0.136. The average Bonchev–Trinajstić information content (AvgIpc) is 2.82. The fourth-order valence-electron chi connectivity index (χ4n) is 3.70. The number of fused-ring (bicyclic) bond motifs is 2. The summed E-state index contributed by atoms with van der Waals surface area (Å²) < 4.78 is 45.0. The van der Waals surface area contributed by atoms with Gasteiger partial charge < -0.3 is 9.73 Å². The molecule has 0 amide bonds. The van der Waals surface area contributed by atoms with Gasteiger partial charge in [0.1, 0.15) is 5.58 Å². The first-order valence-electron chi connectivity index (χ1n) is 8.86. The summed E-state index contributed by atoms with van der Waals surface area (Å²) in [5, 5.41) is 3.26. The Labute approximate surface area is 153 Å². The van der Waals surface area contributed by atoms with Crippen LogP contribution in [0.4, 0.5) is 18.9 Å². The number of alkyl halides is 3. The molecule has 1 aromatic heterocycles. The first-order valence-corrected chi connectivity index (χ1v) is 8.86. The van der Waals surface area contributed by atoms with Crippen molar-refractivity contribution in [3.05, 3.63) is 75.6 Å². The minimum atomic E-state index is -4.60. The summed E-state index contributed by atoms with van der Waals surface area (Å²) in [4.78, 5) is 11.6. The highest BCUT2D eigenvalue weighted by Gasteiger charge is 2.34. The van der Waals surface area contributed by atoms with Crippen molar-refractivity contribution in [2.24, 2.45) is 5.92 Å². The molecule has 1 atom stereocenters. The molecule has 1 aliphatic heterocycles. The maximum Gasteiger partial charge on any atom is 0.417 e. The van der Waals surface area contributed by atoms with Crippen LogP contribution in [0.15, 0.2) is 57.7 Å². The van der Waals surface area contributed by atoms with Crippen LogP contribution in [0, 0.1) is 5.92 Å². The van der Waals surface area contributed by atoms with Crippen molar-refractivity contribution in [3.63, 3.8) is 0 Å². The standard InChI is InChI=1S/C21H18F3NO2/c22-21(23,24)17-10-20(26)27-19-11-18-15(9-16(17)19)7-6-14(12-25-18)8-13-4-2-1-3-5-13/h1-5,9-11,14,25H,6-8,12H2/t14-/m0/s1. The topological polar surface area (TPSA) is 42.2 Å². The van der Waals surface area contributed by atoms with Gasteiger partial charge in [-0.3, -0.25) is 0 Å². The van der Waals surface area contributed by atoms with Gasteiger partial charge in [0.05, 0.1) is 5.56 Å². The van der Waals surface area contributed by atoms with E-state index in [0.717, 1.165) is 30.6 Å². The molecule has 0 fully saturated rings. The molecule has 0 spiro atoms. The highest BCUT2D eigenvalue weighted by molar-refractivity contribution is 5.85. The maximum atomic E-state index is 13.3. The SMILES string of the molecule is O=c1cc(C(F)(F)F)c2cc3c(cc2o1)NC[C@H](Cc1ccccc1)CC3. The highest BCUT2D eigenvalue weighted by Crippen LogP contribution is 2.37. The number of halogens is 3. The molecule has 2 heterocycles. The third kappa shape index (κ3) is 3.70. The van der Waals surface area contributed by atoms with Gasteiger partial charge >= 0.3 is 11.8 Å². The van der Waals surface area contributed by atoms with E-state index >= 15 is 0 Å². The van der Waals surface area contributed by atoms with Crippen molar-refractivity contribution in [1.82, 2.24) is 0 Å². The van der Waals surface area contributed by atoms with Crippen molar-refractivity contribution in [1.29, 1.82) is 0 Å². The molecule has 140 valence electrons. The van der Waals surface area contributed by atoms with E-state index in [1.165, 1.54) is 17.7 Å². The van der Waals surface area contributed by atoms with E-state index in [1.54, 1.807) is 0 Å². The molecule has 3 nitrogen and oxygen atoms in total. The zero-order valence-electron chi connectivity index (χ0n) is 14.5. The second-order valence-corrected chi connectivity index (χ2v) is 6.96. The quantitative estimate of drug-likeness (QED) is 0.641. The van der Waals surface area contributed by atoms with Gasteiger partial charge in [0.25, 0.3) is 0 Å². The molecule has 4 rings (SSSR count). The van der Waals surface area contributed by atoms with Gasteiger partial charge in [0.2, 0.25) is 0 Å². The molecule has 2 aromatic carbocycles. The van der Waals surface area contributed by atoms with Crippen molar-refractivity contribution < 1.29 is 17.6 Å². The van der Waals surface area contributed by atoms with Crippen LogP contribution in [-0.4, -0.2) is 6.54 Å². The van der Waals surface area contributed by atoms with Gasteiger partial charge in [-0.25, -0.2) is 4.79 Å². The Kier molecular flexibility index (Phi) is 4.42. The van der Waals surface area contributed by atoms with E-state index in [1.807, 2.05) is 18.2 Å². The predicted molar refractivity (Wildman–Crippen MR) is 97.9 cm³/mol. The third-order valence-corrected chi connectivity index (χ3v) is 5.04. The summed E-state index contributed by atoms with van der Waals surface area (Å²) in [5.41, 5.74) is 0.818. The predicted octanol–water partition coefficient (Wildman–Crippen LogP) is 5.03. The molecule has 1 N–H and O–H groups in total. The molecule has 1 aliphatic rings. The number of aryl methyl sites for hydroxylation is 1. The molecule has 0 unspecified atom stereocenters. The second kappa shape index (κ2) is 6.76. The Balaban J connectivity index is 1.67. The van der Waals surface area contributed by atoms with E-state index < -0.39 is 17.4 Å². The lowest BCUT2D eigenvalue weighted by Gasteiger charge is -2.14. The number of nitrogens with one attached hydrogen (secondary N) is 1. The zero-order chi connectivity index (χ0) is 19.0. The van der Waals surface area contributed by atoms with E-state index in [0.29, 0.717) is 18.4 Å². The molecule has 3 aromatic rings. The molecule has 0 radical (unpaired) electrons. The van der Waals surface area contributed by atoms with E-state index in [9.17, 15) is 18.0 Å². The van der Waals surface area contributed by atoms with Crippen molar-refractivity contribution >= 4 is 16.7 Å². The van der Waals surface area contributed by atoms with Crippen LogP contribution < -0.4 is 10.9 Å². The first-order chi connectivity index (χ1) is 12.9. The first kappa shape index (κ1) is 17.6.